The topological polar surface area (TPSA) is 40.9 Å². The van der Waals surface area contributed by atoms with Crippen LogP contribution in [0.5, 0.6) is 0 Å². The maximum Gasteiger partial charge on any atom is 0.187 e. The molecule has 0 unspecified atom stereocenters. The van der Waals surface area contributed by atoms with Crippen LogP contribution in [0.3, 0.4) is 0 Å². The van der Waals surface area contributed by atoms with Crippen molar-refractivity contribution in [1.82, 2.24) is 0 Å². The highest BCUT2D eigenvalue weighted by Gasteiger charge is 2.05. The van der Waals surface area contributed by atoms with Crippen LogP contribution in [-0.2, 0) is 0 Å². The van der Waals surface area contributed by atoms with E-state index in [9.17, 15) is 4.79 Å². The van der Waals surface area contributed by atoms with Gasteiger partial charge in [0.25, 0.3) is 0 Å². The third-order valence-electron chi connectivity index (χ3n) is 2.54. The van der Waals surface area contributed by atoms with Gasteiger partial charge in [-0.2, -0.15) is 5.26 Å². The molecular weight excluding hydrogens is 222 g/mol. The molecule has 86 valence electrons. The van der Waals surface area contributed by atoms with Crippen molar-refractivity contribution in [3.63, 3.8) is 0 Å². The summed E-state index contributed by atoms with van der Waals surface area (Å²) < 4.78 is 0. The molecule has 2 nitrogen and oxygen atoms in total. The highest BCUT2D eigenvalue weighted by atomic mass is 16.1. The van der Waals surface area contributed by atoms with Gasteiger partial charge in [0.15, 0.2) is 5.78 Å². The second kappa shape index (κ2) is 5.60. The number of benzene rings is 2. The fourth-order valence-corrected chi connectivity index (χ4v) is 1.61. The number of rotatable bonds is 3. The average molecular weight is 233 g/mol. The van der Waals surface area contributed by atoms with Crippen LogP contribution < -0.4 is 0 Å². The summed E-state index contributed by atoms with van der Waals surface area (Å²) in [5.74, 6) is -0.156. The van der Waals surface area contributed by atoms with Crippen LogP contribution in [0.15, 0.2) is 66.7 Å². The van der Waals surface area contributed by atoms with E-state index in [2.05, 4.69) is 6.07 Å². The van der Waals surface area contributed by atoms with Crippen LogP contribution in [0.25, 0.3) is 5.57 Å². The quantitative estimate of drug-likeness (QED) is 0.462. The summed E-state index contributed by atoms with van der Waals surface area (Å²) in [7, 11) is 0. The highest BCUT2D eigenvalue weighted by molar-refractivity contribution is 6.10. The van der Waals surface area contributed by atoms with E-state index in [0.29, 0.717) is 11.1 Å². The van der Waals surface area contributed by atoms with Gasteiger partial charge in [0.2, 0.25) is 0 Å². The van der Waals surface area contributed by atoms with Crippen molar-refractivity contribution in [2.45, 2.75) is 0 Å². The maximum atomic E-state index is 12.0. The van der Waals surface area contributed by atoms with Crippen LogP contribution in [0.2, 0.25) is 0 Å². The predicted octanol–water partition coefficient (Wildman–Crippen LogP) is 3.48. The zero-order valence-corrected chi connectivity index (χ0v) is 9.71. The molecule has 0 N–H and O–H groups in total. The first-order valence-electron chi connectivity index (χ1n) is 5.58. The van der Waals surface area contributed by atoms with E-state index >= 15 is 0 Å². The molecule has 0 saturated heterocycles. The fraction of sp³-hybridized carbons (Fsp3) is 0. The second-order valence-electron chi connectivity index (χ2n) is 3.77. The Morgan fingerprint density at radius 2 is 1.39 bits per heavy atom. The third-order valence-corrected chi connectivity index (χ3v) is 2.54. The number of nitriles is 1. The smallest absolute Gasteiger partial charge is 0.187 e. The van der Waals surface area contributed by atoms with Crippen LogP contribution in [0, 0.1) is 11.3 Å². The normalized spacial score (nSPS) is 10.7. The van der Waals surface area contributed by atoms with Gasteiger partial charge in [0, 0.05) is 11.6 Å². The van der Waals surface area contributed by atoms with Crippen LogP contribution in [-0.4, -0.2) is 5.78 Å². The number of nitrogens with zero attached hydrogens (tertiary/aromatic N) is 1. The van der Waals surface area contributed by atoms with E-state index < -0.39 is 0 Å². The van der Waals surface area contributed by atoms with Crippen molar-refractivity contribution >= 4 is 11.4 Å². The molecule has 18 heavy (non-hydrogen) atoms. The number of hydrogen-bond donors (Lipinski definition) is 0. The van der Waals surface area contributed by atoms with Gasteiger partial charge in [-0.3, -0.25) is 4.79 Å². The van der Waals surface area contributed by atoms with Gasteiger partial charge in [0.1, 0.15) is 0 Å². The van der Waals surface area contributed by atoms with E-state index in [1.807, 2.05) is 36.4 Å². The monoisotopic (exact) mass is 233 g/mol. The number of carbonyl (C=O) groups is 1. The molecule has 2 rings (SSSR count). The Morgan fingerprint density at radius 1 is 0.889 bits per heavy atom. The van der Waals surface area contributed by atoms with E-state index in [4.69, 9.17) is 5.26 Å². The van der Waals surface area contributed by atoms with E-state index in [1.54, 1.807) is 24.3 Å². The van der Waals surface area contributed by atoms with Crippen molar-refractivity contribution in [2.24, 2.45) is 0 Å². The van der Waals surface area contributed by atoms with E-state index in [1.165, 1.54) is 6.08 Å². The molecule has 2 aromatic carbocycles. The Balaban J connectivity index is 2.33. The first kappa shape index (κ1) is 11.8. The van der Waals surface area contributed by atoms with Crippen LogP contribution in [0.4, 0.5) is 0 Å². The first-order valence-corrected chi connectivity index (χ1v) is 5.58. The number of hydrogen-bond acceptors (Lipinski definition) is 2. The minimum Gasteiger partial charge on any atom is -0.289 e. The Bertz CT molecular complexity index is 607. The molecule has 0 amide bonds. The summed E-state index contributed by atoms with van der Waals surface area (Å²) in [6.45, 7) is 0. The lowest BCUT2D eigenvalue weighted by molar-refractivity contribution is 0.104. The standard InChI is InChI=1S/C16H11NO/c17-12-15(13-7-3-1-4-8-13)11-16(18)14-9-5-2-6-10-14/h1-11H. The zero-order valence-electron chi connectivity index (χ0n) is 9.71. The minimum atomic E-state index is -0.156. The lowest BCUT2D eigenvalue weighted by atomic mass is 10.0. The summed E-state index contributed by atoms with van der Waals surface area (Å²) >= 11 is 0. The van der Waals surface area contributed by atoms with Gasteiger partial charge in [0.05, 0.1) is 11.6 Å². The molecule has 0 saturated carbocycles. The molecule has 0 spiro atoms. The van der Waals surface area contributed by atoms with Gasteiger partial charge in [-0.05, 0) is 5.56 Å². The number of allylic oxidation sites excluding steroid dienone is 2. The highest BCUT2D eigenvalue weighted by Crippen LogP contribution is 2.14. The van der Waals surface area contributed by atoms with Crippen molar-refractivity contribution < 1.29 is 4.79 Å². The van der Waals surface area contributed by atoms with Gasteiger partial charge in [-0.1, -0.05) is 60.7 Å². The summed E-state index contributed by atoms with van der Waals surface area (Å²) in [6.07, 6.45) is 1.38. The molecule has 0 aliphatic carbocycles. The Kier molecular flexibility index (Phi) is 3.68. The lowest BCUT2D eigenvalue weighted by Crippen LogP contribution is -1.95. The minimum absolute atomic E-state index is 0.156. The van der Waals surface area contributed by atoms with Gasteiger partial charge < -0.3 is 0 Å². The molecule has 2 aromatic rings. The largest absolute Gasteiger partial charge is 0.289 e. The zero-order chi connectivity index (χ0) is 12.8. The van der Waals surface area contributed by atoms with Crippen molar-refractivity contribution in [3.05, 3.63) is 77.9 Å². The first-order chi connectivity index (χ1) is 8.81. The van der Waals surface area contributed by atoms with E-state index in [-0.39, 0.29) is 5.78 Å². The molecule has 0 radical (unpaired) electrons. The molecule has 0 atom stereocenters. The number of ketones is 1. The molecule has 2 heteroatoms. The van der Waals surface area contributed by atoms with Gasteiger partial charge in [-0.15, -0.1) is 0 Å². The van der Waals surface area contributed by atoms with Crippen molar-refractivity contribution in [2.75, 3.05) is 0 Å². The van der Waals surface area contributed by atoms with E-state index in [0.717, 1.165) is 5.56 Å². The third kappa shape index (κ3) is 2.72. The predicted molar refractivity (Wildman–Crippen MR) is 70.8 cm³/mol. The van der Waals surface area contributed by atoms with Crippen molar-refractivity contribution in [1.29, 1.82) is 5.26 Å². The molecule has 0 heterocycles. The lowest BCUT2D eigenvalue weighted by Gasteiger charge is -1.99. The molecule has 0 aliphatic heterocycles. The van der Waals surface area contributed by atoms with Crippen LogP contribution in [0.1, 0.15) is 15.9 Å². The molecular formula is C16H11NO. The maximum absolute atomic E-state index is 12.0. The van der Waals surface area contributed by atoms with Crippen LogP contribution >= 0.6 is 0 Å². The SMILES string of the molecule is N#CC(=CC(=O)c1ccccc1)c1ccccc1. The Labute approximate surface area is 106 Å². The second-order valence-corrected chi connectivity index (χ2v) is 3.77. The van der Waals surface area contributed by atoms with Crippen molar-refractivity contribution in [3.8, 4) is 6.07 Å². The summed E-state index contributed by atoms with van der Waals surface area (Å²) in [5.41, 5.74) is 1.72. The Morgan fingerprint density at radius 3 is 1.89 bits per heavy atom. The molecule has 0 fully saturated rings. The summed E-state index contributed by atoms with van der Waals surface area (Å²) in [5, 5.41) is 9.10. The van der Waals surface area contributed by atoms with Gasteiger partial charge >= 0.3 is 0 Å². The fourth-order valence-electron chi connectivity index (χ4n) is 1.61. The number of carbonyl (C=O) groups excluding carboxylic acids is 1. The summed E-state index contributed by atoms with van der Waals surface area (Å²) in [6, 6.07) is 20.2. The Hall–Kier alpha value is -2.66. The average Bonchev–Trinajstić information content (AvgIpc) is 2.46. The molecule has 0 bridgehead atoms. The molecule has 0 aromatic heterocycles. The molecule has 0 aliphatic rings. The van der Waals surface area contributed by atoms with Gasteiger partial charge in [-0.25, -0.2) is 0 Å². The summed E-state index contributed by atoms with van der Waals surface area (Å²) in [4.78, 5) is 12.0.